The third kappa shape index (κ3) is 4.80. The van der Waals surface area contributed by atoms with Crippen LogP contribution in [0.1, 0.15) is 30.2 Å². The van der Waals surface area contributed by atoms with Crippen LogP contribution in [0, 0.1) is 0 Å². The van der Waals surface area contributed by atoms with Crippen molar-refractivity contribution in [1.29, 1.82) is 0 Å². The van der Waals surface area contributed by atoms with Crippen molar-refractivity contribution in [3.8, 4) is 28.5 Å². The monoisotopic (exact) mass is 460 g/mol. The number of nitrogens with zero attached hydrogens (tertiary/aromatic N) is 5. The molecule has 0 bridgehead atoms. The highest BCUT2D eigenvalue weighted by Crippen LogP contribution is 2.31. The standard InChI is InChI=1S/C24H24N6O4/c1-15(2)30-9-5-6-19(24(30)32)23(31)28-22-21(33-4)11-18(13-26-22)34-17-7-8-25-20(10-17)16-12-27-29(3)14-16/h5-15H,1-4H3,(H,26,28,31). The lowest BCUT2D eigenvalue weighted by Crippen LogP contribution is -2.29. The average molecular weight is 460 g/mol. The van der Waals surface area contributed by atoms with E-state index in [2.05, 4.69) is 20.4 Å². The summed E-state index contributed by atoms with van der Waals surface area (Å²) in [5.74, 6) is 0.834. The fourth-order valence-electron chi connectivity index (χ4n) is 3.32. The van der Waals surface area contributed by atoms with E-state index < -0.39 is 5.91 Å². The fourth-order valence-corrected chi connectivity index (χ4v) is 3.32. The Bertz CT molecular complexity index is 1390. The summed E-state index contributed by atoms with van der Waals surface area (Å²) < 4.78 is 14.5. The van der Waals surface area contributed by atoms with Gasteiger partial charge in [-0.1, -0.05) is 0 Å². The zero-order chi connectivity index (χ0) is 24.2. The molecular formula is C24H24N6O4. The van der Waals surface area contributed by atoms with E-state index >= 15 is 0 Å². The topological polar surface area (TPSA) is 113 Å². The van der Waals surface area contributed by atoms with E-state index in [4.69, 9.17) is 9.47 Å². The SMILES string of the molecule is COc1cc(Oc2ccnc(-c3cnn(C)c3)c2)cnc1NC(=O)c1cccn(C(C)C)c1=O. The molecule has 4 rings (SSSR count). The van der Waals surface area contributed by atoms with Gasteiger partial charge >= 0.3 is 0 Å². The number of hydrogen-bond acceptors (Lipinski definition) is 7. The fraction of sp³-hybridized carbons (Fsp3) is 0.208. The van der Waals surface area contributed by atoms with Crippen molar-refractivity contribution >= 4 is 11.7 Å². The van der Waals surface area contributed by atoms with Crippen LogP contribution in [0.25, 0.3) is 11.3 Å². The average Bonchev–Trinajstić information content (AvgIpc) is 3.26. The molecule has 4 aromatic rings. The molecule has 10 nitrogen and oxygen atoms in total. The summed E-state index contributed by atoms with van der Waals surface area (Å²) in [6.45, 7) is 3.74. The molecule has 0 aliphatic heterocycles. The molecule has 0 saturated carbocycles. The predicted molar refractivity (Wildman–Crippen MR) is 126 cm³/mol. The molecule has 0 radical (unpaired) electrons. The number of carbonyl (C=O) groups excluding carboxylic acids is 1. The van der Waals surface area contributed by atoms with E-state index in [9.17, 15) is 9.59 Å². The Kier molecular flexibility index (Phi) is 6.39. The minimum absolute atomic E-state index is 0.0140. The van der Waals surface area contributed by atoms with Gasteiger partial charge in [0.2, 0.25) is 0 Å². The van der Waals surface area contributed by atoms with Crippen molar-refractivity contribution < 1.29 is 14.3 Å². The van der Waals surface area contributed by atoms with Crippen molar-refractivity contribution in [2.45, 2.75) is 19.9 Å². The number of amides is 1. The summed E-state index contributed by atoms with van der Waals surface area (Å²) in [5, 5.41) is 6.80. The maximum Gasteiger partial charge on any atom is 0.263 e. The van der Waals surface area contributed by atoms with E-state index in [-0.39, 0.29) is 28.7 Å². The van der Waals surface area contributed by atoms with Gasteiger partial charge in [-0.05, 0) is 32.0 Å². The van der Waals surface area contributed by atoms with Crippen molar-refractivity contribution in [3.63, 3.8) is 0 Å². The number of anilines is 1. The zero-order valence-corrected chi connectivity index (χ0v) is 19.2. The van der Waals surface area contributed by atoms with Gasteiger partial charge in [0.25, 0.3) is 11.5 Å². The molecule has 0 spiro atoms. The van der Waals surface area contributed by atoms with Crippen LogP contribution in [0.2, 0.25) is 0 Å². The lowest BCUT2D eigenvalue weighted by molar-refractivity contribution is 0.102. The van der Waals surface area contributed by atoms with Crippen molar-refractivity contribution in [1.82, 2.24) is 24.3 Å². The maximum absolute atomic E-state index is 12.8. The second-order valence-electron chi connectivity index (χ2n) is 7.79. The molecule has 0 aliphatic rings. The van der Waals surface area contributed by atoms with Crippen LogP contribution in [0.5, 0.6) is 17.2 Å². The summed E-state index contributed by atoms with van der Waals surface area (Å²) >= 11 is 0. The molecule has 1 amide bonds. The molecule has 0 fully saturated rings. The molecule has 10 heteroatoms. The van der Waals surface area contributed by atoms with Crippen LogP contribution in [0.3, 0.4) is 0 Å². The molecule has 0 atom stereocenters. The van der Waals surface area contributed by atoms with Crippen LogP contribution in [-0.4, -0.2) is 37.3 Å². The summed E-state index contributed by atoms with van der Waals surface area (Å²) in [6, 6.07) is 8.17. The Morgan fingerprint density at radius 3 is 2.65 bits per heavy atom. The van der Waals surface area contributed by atoms with Crippen LogP contribution in [0.15, 0.2) is 66.1 Å². The third-order valence-electron chi connectivity index (χ3n) is 5.02. The smallest absolute Gasteiger partial charge is 0.263 e. The molecule has 4 heterocycles. The molecule has 0 aromatic carbocycles. The van der Waals surface area contributed by atoms with Gasteiger partial charge in [-0.3, -0.25) is 19.3 Å². The molecule has 174 valence electrons. The first-order valence-corrected chi connectivity index (χ1v) is 10.5. The summed E-state index contributed by atoms with van der Waals surface area (Å²) in [5.41, 5.74) is 1.21. The first-order chi connectivity index (χ1) is 16.4. The normalized spacial score (nSPS) is 10.9. The van der Waals surface area contributed by atoms with Crippen LogP contribution < -0.4 is 20.3 Å². The van der Waals surface area contributed by atoms with E-state index in [1.165, 1.54) is 23.9 Å². The molecule has 34 heavy (non-hydrogen) atoms. The van der Waals surface area contributed by atoms with Crippen LogP contribution >= 0.6 is 0 Å². The first kappa shape index (κ1) is 22.7. The van der Waals surface area contributed by atoms with E-state index in [1.807, 2.05) is 27.1 Å². The minimum Gasteiger partial charge on any atom is -0.493 e. The van der Waals surface area contributed by atoms with E-state index in [0.717, 1.165) is 5.56 Å². The van der Waals surface area contributed by atoms with Crippen molar-refractivity contribution in [2.24, 2.45) is 7.05 Å². The highest BCUT2D eigenvalue weighted by Gasteiger charge is 2.17. The van der Waals surface area contributed by atoms with Gasteiger partial charge in [-0.25, -0.2) is 4.98 Å². The second kappa shape index (κ2) is 9.57. The Morgan fingerprint density at radius 1 is 1.12 bits per heavy atom. The number of hydrogen-bond donors (Lipinski definition) is 1. The van der Waals surface area contributed by atoms with Gasteiger partial charge < -0.3 is 19.4 Å². The summed E-state index contributed by atoms with van der Waals surface area (Å²) in [7, 11) is 3.29. The Labute approximate surface area is 195 Å². The quantitative estimate of drug-likeness (QED) is 0.448. The lowest BCUT2D eigenvalue weighted by atomic mass is 10.2. The molecular weight excluding hydrogens is 436 g/mol. The molecule has 1 N–H and O–H groups in total. The zero-order valence-electron chi connectivity index (χ0n) is 19.2. The minimum atomic E-state index is -0.574. The van der Waals surface area contributed by atoms with Crippen molar-refractivity contribution in [3.05, 3.63) is 77.2 Å². The number of aromatic nitrogens is 5. The lowest BCUT2D eigenvalue weighted by Gasteiger charge is -2.13. The third-order valence-corrected chi connectivity index (χ3v) is 5.02. The predicted octanol–water partition coefficient (Wildman–Crippen LogP) is 3.67. The van der Waals surface area contributed by atoms with Gasteiger partial charge in [0.15, 0.2) is 11.6 Å². The summed E-state index contributed by atoms with van der Waals surface area (Å²) in [4.78, 5) is 34.0. The number of methoxy groups -OCH3 is 1. The van der Waals surface area contributed by atoms with Crippen molar-refractivity contribution in [2.75, 3.05) is 12.4 Å². The number of nitrogens with one attached hydrogen (secondary N) is 1. The number of ether oxygens (including phenoxy) is 2. The Morgan fingerprint density at radius 2 is 1.94 bits per heavy atom. The number of rotatable bonds is 7. The van der Waals surface area contributed by atoms with E-state index in [0.29, 0.717) is 17.2 Å². The van der Waals surface area contributed by atoms with Gasteiger partial charge in [-0.2, -0.15) is 5.10 Å². The van der Waals surface area contributed by atoms with Crippen LogP contribution in [-0.2, 0) is 7.05 Å². The van der Waals surface area contributed by atoms with Gasteiger partial charge in [0.05, 0.1) is 25.2 Å². The molecule has 0 unspecified atom stereocenters. The second-order valence-corrected chi connectivity index (χ2v) is 7.79. The first-order valence-electron chi connectivity index (χ1n) is 10.5. The van der Waals surface area contributed by atoms with Gasteiger partial charge in [0.1, 0.15) is 17.1 Å². The largest absolute Gasteiger partial charge is 0.493 e. The highest BCUT2D eigenvalue weighted by atomic mass is 16.5. The van der Waals surface area contributed by atoms with Gasteiger partial charge in [0, 0.05) is 49.4 Å². The van der Waals surface area contributed by atoms with Crippen LogP contribution in [0.4, 0.5) is 5.82 Å². The van der Waals surface area contributed by atoms with Gasteiger partial charge in [-0.15, -0.1) is 0 Å². The molecule has 4 aromatic heterocycles. The number of aryl methyl sites for hydroxylation is 1. The molecule has 0 saturated heterocycles. The molecule has 0 aliphatic carbocycles. The summed E-state index contributed by atoms with van der Waals surface area (Å²) in [6.07, 6.45) is 8.32. The number of carbonyl (C=O) groups is 1. The maximum atomic E-state index is 12.8. The van der Waals surface area contributed by atoms with E-state index in [1.54, 1.807) is 47.5 Å². The highest BCUT2D eigenvalue weighted by molar-refractivity contribution is 6.04. The Hall–Kier alpha value is -4.47. The Balaban J connectivity index is 1.54. The number of pyridine rings is 3.